The van der Waals surface area contributed by atoms with Gasteiger partial charge in [-0.2, -0.15) is 0 Å². The van der Waals surface area contributed by atoms with Crippen LogP contribution in [0.1, 0.15) is 27.2 Å². The monoisotopic (exact) mass is 251 g/mol. The van der Waals surface area contributed by atoms with Gasteiger partial charge in [-0.3, -0.25) is 0 Å². The van der Waals surface area contributed by atoms with E-state index in [-0.39, 0.29) is 0 Å². The molecule has 0 aliphatic heterocycles. The molecule has 0 saturated carbocycles. The molecule has 0 saturated heterocycles. The molecule has 3 nitrogen and oxygen atoms in total. The number of benzene rings is 1. The SMILES string of the molecule is CCOc1cccc(OCCCNCC(C)C)c1. The highest BCUT2D eigenvalue weighted by molar-refractivity contribution is 5.32. The molecule has 18 heavy (non-hydrogen) atoms. The quantitative estimate of drug-likeness (QED) is 0.684. The van der Waals surface area contributed by atoms with Crippen molar-refractivity contribution in [3.05, 3.63) is 24.3 Å². The van der Waals surface area contributed by atoms with E-state index in [4.69, 9.17) is 9.47 Å². The average Bonchev–Trinajstić information content (AvgIpc) is 2.34. The maximum Gasteiger partial charge on any atom is 0.122 e. The summed E-state index contributed by atoms with van der Waals surface area (Å²) < 4.78 is 11.1. The van der Waals surface area contributed by atoms with Gasteiger partial charge in [-0.1, -0.05) is 19.9 Å². The zero-order chi connectivity index (χ0) is 13.2. The van der Waals surface area contributed by atoms with Crippen molar-refractivity contribution in [2.24, 2.45) is 5.92 Å². The van der Waals surface area contributed by atoms with E-state index >= 15 is 0 Å². The van der Waals surface area contributed by atoms with Crippen LogP contribution in [0.2, 0.25) is 0 Å². The summed E-state index contributed by atoms with van der Waals surface area (Å²) in [5.41, 5.74) is 0. The summed E-state index contributed by atoms with van der Waals surface area (Å²) in [6, 6.07) is 7.80. The molecule has 0 amide bonds. The normalized spacial score (nSPS) is 10.7. The van der Waals surface area contributed by atoms with E-state index < -0.39 is 0 Å². The van der Waals surface area contributed by atoms with Gasteiger partial charge in [0.2, 0.25) is 0 Å². The molecule has 0 radical (unpaired) electrons. The van der Waals surface area contributed by atoms with Crippen LogP contribution in [0.25, 0.3) is 0 Å². The van der Waals surface area contributed by atoms with Crippen LogP contribution in [0.15, 0.2) is 24.3 Å². The molecular weight excluding hydrogens is 226 g/mol. The lowest BCUT2D eigenvalue weighted by Gasteiger charge is -2.10. The molecule has 102 valence electrons. The Hall–Kier alpha value is -1.22. The Morgan fingerprint density at radius 3 is 2.56 bits per heavy atom. The zero-order valence-electron chi connectivity index (χ0n) is 11.7. The van der Waals surface area contributed by atoms with Crippen molar-refractivity contribution in [1.29, 1.82) is 0 Å². The van der Waals surface area contributed by atoms with Gasteiger partial charge >= 0.3 is 0 Å². The molecule has 0 fully saturated rings. The van der Waals surface area contributed by atoms with Gasteiger partial charge in [0.1, 0.15) is 11.5 Å². The first-order valence-corrected chi connectivity index (χ1v) is 6.78. The minimum atomic E-state index is 0.683. The van der Waals surface area contributed by atoms with E-state index in [0.717, 1.165) is 37.6 Å². The Balaban J connectivity index is 2.16. The smallest absolute Gasteiger partial charge is 0.122 e. The molecule has 1 aromatic rings. The number of ether oxygens (including phenoxy) is 2. The summed E-state index contributed by atoms with van der Waals surface area (Å²) >= 11 is 0. The molecule has 0 aliphatic rings. The molecule has 1 aromatic carbocycles. The second-order valence-corrected chi connectivity index (χ2v) is 4.71. The lowest BCUT2D eigenvalue weighted by molar-refractivity contribution is 0.301. The van der Waals surface area contributed by atoms with Crippen LogP contribution in [0, 0.1) is 5.92 Å². The fraction of sp³-hybridized carbons (Fsp3) is 0.600. The van der Waals surface area contributed by atoms with Gasteiger partial charge in [0.05, 0.1) is 13.2 Å². The van der Waals surface area contributed by atoms with Crippen LogP contribution in [0.5, 0.6) is 11.5 Å². The van der Waals surface area contributed by atoms with Crippen molar-refractivity contribution < 1.29 is 9.47 Å². The molecule has 0 atom stereocenters. The lowest BCUT2D eigenvalue weighted by Crippen LogP contribution is -2.22. The van der Waals surface area contributed by atoms with E-state index in [0.29, 0.717) is 12.5 Å². The Morgan fingerprint density at radius 1 is 1.17 bits per heavy atom. The summed E-state index contributed by atoms with van der Waals surface area (Å²) in [4.78, 5) is 0. The van der Waals surface area contributed by atoms with Gasteiger partial charge in [-0.05, 0) is 44.5 Å². The maximum absolute atomic E-state index is 5.68. The van der Waals surface area contributed by atoms with E-state index in [1.807, 2.05) is 31.2 Å². The highest BCUT2D eigenvalue weighted by Gasteiger charge is 1.97. The molecule has 0 bridgehead atoms. The van der Waals surface area contributed by atoms with Gasteiger partial charge in [0.15, 0.2) is 0 Å². The minimum absolute atomic E-state index is 0.683. The minimum Gasteiger partial charge on any atom is -0.494 e. The molecule has 1 rings (SSSR count). The molecule has 0 unspecified atom stereocenters. The van der Waals surface area contributed by atoms with Crippen molar-refractivity contribution in [2.45, 2.75) is 27.2 Å². The predicted octanol–water partition coefficient (Wildman–Crippen LogP) is 3.10. The molecule has 0 spiro atoms. The number of hydrogen-bond acceptors (Lipinski definition) is 3. The van der Waals surface area contributed by atoms with Crippen LogP contribution < -0.4 is 14.8 Å². The predicted molar refractivity (Wildman–Crippen MR) is 75.4 cm³/mol. The van der Waals surface area contributed by atoms with E-state index in [1.54, 1.807) is 0 Å². The third kappa shape index (κ3) is 6.50. The summed E-state index contributed by atoms with van der Waals surface area (Å²) in [6.07, 6.45) is 1.02. The molecule has 3 heteroatoms. The first-order chi connectivity index (χ1) is 8.72. The highest BCUT2D eigenvalue weighted by Crippen LogP contribution is 2.19. The van der Waals surface area contributed by atoms with Gasteiger partial charge in [0, 0.05) is 6.07 Å². The van der Waals surface area contributed by atoms with Crippen molar-refractivity contribution in [3.63, 3.8) is 0 Å². The van der Waals surface area contributed by atoms with Crippen molar-refractivity contribution in [1.82, 2.24) is 5.32 Å². The fourth-order valence-corrected chi connectivity index (χ4v) is 1.60. The lowest BCUT2D eigenvalue weighted by atomic mass is 10.2. The fourth-order valence-electron chi connectivity index (χ4n) is 1.60. The standard InChI is InChI=1S/C15H25NO2/c1-4-17-14-7-5-8-15(11-14)18-10-6-9-16-12-13(2)3/h5,7-8,11,13,16H,4,6,9-10,12H2,1-3H3. The molecule has 0 heterocycles. The number of rotatable bonds is 9. The molecule has 0 aromatic heterocycles. The Bertz CT molecular complexity index is 326. The van der Waals surface area contributed by atoms with Crippen LogP contribution in [-0.2, 0) is 0 Å². The van der Waals surface area contributed by atoms with Gasteiger partial charge < -0.3 is 14.8 Å². The molecule has 0 aliphatic carbocycles. The van der Waals surface area contributed by atoms with Gasteiger partial charge in [0.25, 0.3) is 0 Å². The number of hydrogen-bond donors (Lipinski definition) is 1. The second-order valence-electron chi connectivity index (χ2n) is 4.71. The molecular formula is C15H25NO2. The first-order valence-electron chi connectivity index (χ1n) is 6.78. The Kier molecular flexibility index (Phi) is 7.26. The van der Waals surface area contributed by atoms with Crippen LogP contribution >= 0.6 is 0 Å². The summed E-state index contributed by atoms with van der Waals surface area (Å²) in [5, 5.41) is 3.40. The van der Waals surface area contributed by atoms with E-state index in [2.05, 4.69) is 19.2 Å². The summed E-state index contributed by atoms with van der Waals surface area (Å²) in [5.74, 6) is 2.45. The highest BCUT2D eigenvalue weighted by atomic mass is 16.5. The Labute approximate surface area is 110 Å². The largest absolute Gasteiger partial charge is 0.494 e. The second kappa shape index (κ2) is 8.81. The van der Waals surface area contributed by atoms with E-state index in [1.165, 1.54) is 0 Å². The third-order valence-corrected chi connectivity index (χ3v) is 2.44. The third-order valence-electron chi connectivity index (χ3n) is 2.44. The topological polar surface area (TPSA) is 30.5 Å². The van der Waals surface area contributed by atoms with E-state index in [9.17, 15) is 0 Å². The zero-order valence-corrected chi connectivity index (χ0v) is 11.7. The first kappa shape index (κ1) is 14.8. The summed E-state index contributed by atoms with van der Waals surface area (Å²) in [7, 11) is 0. The van der Waals surface area contributed by atoms with Crippen LogP contribution in [0.3, 0.4) is 0 Å². The Morgan fingerprint density at radius 2 is 1.89 bits per heavy atom. The van der Waals surface area contributed by atoms with Crippen molar-refractivity contribution >= 4 is 0 Å². The average molecular weight is 251 g/mol. The van der Waals surface area contributed by atoms with Crippen molar-refractivity contribution in [2.75, 3.05) is 26.3 Å². The summed E-state index contributed by atoms with van der Waals surface area (Å²) in [6.45, 7) is 9.89. The maximum atomic E-state index is 5.68. The molecule has 1 N–H and O–H groups in total. The van der Waals surface area contributed by atoms with Crippen LogP contribution in [-0.4, -0.2) is 26.3 Å². The van der Waals surface area contributed by atoms with Crippen LogP contribution in [0.4, 0.5) is 0 Å². The van der Waals surface area contributed by atoms with Crippen molar-refractivity contribution in [3.8, 4) is 11.5 Å². The van der Waals surface area contributed by atoms with Gasteiger partial charge in [-0.15, -0.1) is 0 Å². The van der Waals surface area contributed by atoms with Gasteiger partial charge in [-0.25, -0.2) is 0 Å². The number of nitrogens with one attached hydrogen (secondary N) is 1.